The molecule has 5 nitrogen and oxygen atoms in total. The van der Waals surface area contributed by atoms with Crippen molar-refractivity contribution in [2.45, 2.75) is 26.3 Å². The van der Waals surface area contributed by atoms with Gasteiger partial charge in [0.25, 0.3) is 5.91 Å². The Morgan fingerprint density at radius 1 is 1.04 bits per heavy atom. The summed E-state index contributed by atoms with van der Waals surface area (Å²) in [7, 11) is 0. The first-order valence-corrected chi connectivity index (χ1v) is 9.14. The number of carbonyl (C=O) groups is 2. The third-order valence-corrected chi connectivity index (χ3v) is 4.32. The standard InChI is InChI=1S/C22H23N3O2/c1-3-13-23-21(26)15(2)24-22(27)18-14-20(16-9-5-4-6-10-16)25-19-12-8-7-11-17(18)19/h4-12,14-15H,3,13H2,1-2H3,(H,23,26)(H,24,27)/t15-/m1/s1. The number of para-hydroxylation sites is 1. The minimum Gasteiger partial charge on any atom is -0.354 e. The van der Waals surface area contributed by atoms with Gasteiger partial charge in [-0.1, -0.05) is 55.5 Å². The van der Waals surface area contributed by atoms with E-state index in [1.54, 1.807) is 13.0 Å². The van der Waals surface area contributed by atoms with E-state index >= 15 is 0 Å². The second kappa shape index (κ2) is 8.45. The fourth-order valence-corrected chi connectivity index (χ4v) is 2.86. The van der Waals surface area contributed by atoms with Crippen LogP contribution in [0.1, 0.15) is 30.6 Å². The van der Waals surface area contributed by atoms with Crippen LogP contribution in [0.2, 0.25) is 0 Å². The fraction of sp³-hybridized carbons (Fsp3) is 0.227. The van der Waals surface area contributed by atoms with Gasteiger partial charge in [-0.05, 0) is 25.5 Å². The molecule has 2 N–H and O–H groups in total. The van der Waals surface area contributed by atoms with Crippen LogP contribution in [-0.4, -0.2) is 29.4 Å². The molecule has 2 amide bonds. The quantitative estimate of drug-likeness (QED) is 0.705. The van der Waals surface area contributed by atoms with E-state index in [1.165, 1.54) is 0 Å². The van der Waals surface area contributed by atoms with Gasteiger partial charge in [0.2, 0.25) is 5.91 Å². The lowest BCUT2D eigenvalue weighted by Gasteiger charge is -2.15. The van der Waals surface area contributed by atoms with E-state index < -0.39 is 6.04 Å². The zero-order valence-corrected chi connectivity index (χ0v) is 15.5. The molecule has 1 atom stereocenters. The predicted octanol–water partition coefficient (Wildman–Crippen LogP) is 3.55. The Kier molecular flexibility index (Phi) is 5.81. The highest BCUT2D eigenvalue weighted by atomic mass is 16.2. The van der Waals surface area contributed by atoms with Crippen LogP contribution in [0.3, 0.4) is 0 Å². The third kappa shape index (κ3) is 4.31. The maximum Gasteiger partial charge on any atom is 0.252 e. The van der Waals surface area contributed by atoms with Gasteiger partial charge in [0.05, 0.1) is 16.8 Å². The van der Waals surface area contributed by atoms with Crippen LogP contribution in [0.25, 0.3) is 22.2 Å². The number of benzene rings is 2. The summed E-state index contributed by atoms with van der Waals surface area (Å²) in [5.74, 6) is -0.475. The molecule has 1 aromatic heterocycles. The number of amides is 2. The molecule has 0 fully saturated rings. The van der Waals surface area contributed by atoms with Crippen molar-refractivity contribution in [1.82, 2.24) is 15.6 Å². The highest BCUT2D eigenvalue weighted by molar-refractivity contribution is 6.08. The fourth-order valence-electron chi connectivity index (χ4n) is 2.86. The van der Waals surface area contributed by atoms with Gasteiger partial charge in [-0.15, -0.1) is 0 Å². The Morgan fingerprint density at radius 2 is 1.74 bits per heavy atom. The van der Waals surface area contributed by atoms with Crippen LogP contribution in [0.15, 0.2) is 60.7 Å². The van der Waals surface area contributed by atoms with Crippen LogP contribution in [-0.2, 0) is 4.79 Å². The molecule has 0 saturated carbocycles. The lowest BCUT2D eigenvalue weighted by atomic mass is 10.0. The van der Waals surface area contributed by atoms with Crippen molar-refractivity contribution >= 4 is 22.7 Å². The summed E-state index contributed by atoms with van der Waals surface area (Å²) in [6, 6.07) is 18.4. The van der Waals surface area contributed by atoms with Crippen molar-refractivity contribution in [3.05, 3.63) is 66.2 Å². The summed E-state index contributed by atoms with van der Waals surface area (Å²) in [5.41, 5.74) is 2.91. The zero-order valence-electron chi connectivity index (χ0n) is 15.5. The van der Waals surface area contributed by atoms with Crippen LogP contribution >= 0.6 is 0 Å². The molecule has 27 heavy (non-hydrogen) atoms. The van der Waals surface area contributed by atoms with Gasteiger partial charge >= 0.3 is 0 Å². The largest absolute Gasteiger partial charge is 0.354 e. The van der Waals surface area contributed by atoms with E-state index in [0.717, 1.165) is 28.6 Å². The van der Waals surface area contributed by atoms with Crippen molar-refractivity contribution in [3.8, 4) is 11.3 Å². The van der Waals surface area contributed by atoms with Crippen LogP contribution < -0.4 is 10.6 Å². The van der Waals surface area contributed by atoms with E-state index in [2.05, 4.69) is 15.6 Å². The Labute approximate surface area is 158 Å². The minimum atomic E-state index is -0.615. The monoisotopic (exact) mass is 361 g/mol. The van der Waals surface area contributed by atoms with E-state index in [-0.39, 0.29) is 11.8 Å². The number of hydrogen-bond acceptors (Lipinski definition) is 3. The zero-order chi connectivity index (χ0) is 19.2. The number of fused-ring (bicyclic) bond motifs is 1. The molecule has 2 aromatic carbocycles. The smallest absolute Gasteiger partial charge is 0.252 e. The average molecular weight is 361 g/mol. The molecule has 0 radical (unpaired) electrons. The molecule has 0 saturated heterocycles. The van der Waals surface area contributed by atoms with E-state index in [4.69, 9.17) is 0 Å². The number of nitrogens with one attached hydrogen (secondary N) is 2. The lowest BCUT2D eigenvalue weighted by molar-refractivity contribution is -0.122. The third-order valence-electron chi connectivity index (χ3n) is 4.32. The Bertz CT molecular complexity index is 954. The van der Waals surface area contributed by atoms with Crippen LogP contribution in [0, 0.1) is 0 Å². The predicted molar refractivity (Wildman–Crippen MR) is 107 cm³/mol. The number of nitrogens with zero attached hydrogens (tertiary/aromatic N) is 1. The second-order valence-electron chi connectivity index (χ2n) is 6.42. The molecular formula is C22H23N3O2. The number of hydrogen-bond donors (Lipinski definition) is 2. The Hall–Kier alpha value is -3.21. The molecule has 1 heterocycles. The summed E-state index contributed by atoms with van der Waals surface area (Å²) in [4.78, 5) is 29.7. The van der Waals surface area contributed by atoms with E-state index in [1.807, 2.05) is 61.5 Å². The normalized spacial score (nSPS) is 11.8. The first-order chi connectivity index (χ1) is 13.1. The number of rotatable bonds is 6. The van der Waals surface area contributed by atoms with Gasteiger partial charge in [0.15, 0.2) is 0 Å². The maximum absolute atomic E-state index is 12.9. The highest BCUT2D eigenvalue weighted by Crippen LogP contribution is 2.24. The molecule has 0 aliphatic carbocycles. The van der Waals surface area contributed by atoms with Crippen molar-refractivity contribution < 1.29 is 9.59 Å². The average Bonchev–Trinajstić information content (AvgIpc) is 2.71. The number of carbonyl (C=O) groups excluding carboxylic acids is 2. The summed E-state index contributed by atoms with van der Waals surface area (Å²) in [6.45, 7) is 4.26. The Morgan fingerprint density at radius 3 is 2.48 bits per heavy atom. The van der Waals surface area contributed by atoms with E-state index in [0.29, 0.717) is 12.1 Å². The molecule has 3 aromatic rings. The van der Waals surface area contributed by atoms with Crippen molar-refractivity contribution in [3.63, 3.8) is 0 Å². The first kappa shape index (κ1) is 18.6. The van der Waals surface area contributed by atoms with Crippen LogP contribution in [0.5, 0.6) is 0 Å². The van der Waals surface area contributed by atoms with Crippen molar-refractivity contribution in [1.29, 1.82) is 0 Å². The van der Waals surface area contributed by atoms with Gasteiger partial charge in [-0.25, -0.2) is 4.98 Å². The van der Waals surface area contributed by atoms with Gasteiger partial charge in [0.1, 0.15) is 6.04 Å². The molecule has 3 rings (SSSR count). The highest BCUT2D eigenvalue weighted by Gasteiger charge is 2.19. The van der Waals surface area contributed by atoms with Gasteiger partial charge in [0, 0.05) is 17.5 Å². The molecule has 0 spiro atoms. The van der Waals surface area contributed by atoms with E-state index in [9.17, 15) is 9.59 Å². The second-order valence-corrected chi connectivity index (χ2v) is 6.42. The molecule has 5 heteroatoms. The lowest BCUT2D eigenvalue weighted by Crippen LogP contribution is -2.45. The molecule has 138 valence electrons. The molecule has 0 aliphatic heterocycles. The topological polar surface area (TPSA) is 71.1 Å². The van der Waals surface area contributed by atoms with Gasteiger partial charge in [-0.2, -0.15) is 0 Å². The van der Waals surface area contributed by atoms with Gasteiger partial charge < -0.3 is 10.6 Å². The number of aromatic nitrogens is 1. The molecule has 0 unspecified atom stereocenters. The number of pyridine rings is 1. The first-order valence-electron chi connectivity index (χ1n) is 9.14. The summed E-state index contributed by atoms with van der Waals surface area (Å²) < 4.78 is 0. The minimum absolute atomic E-state index is 0.188. The molecule has 0 aliphatic rings. The summed E-state index contributed by atoms with van der Waals surface area (Å²) >= 11 is 0. The molecule has 0 bridgehead atoms. The van der Waals surface area contributed by atoms with Gasteiger partial charge in [-0.3, -0.25) is 9.59 Å². The van der Waals surface area contributed by atoms with Crippen molar-refractivity contribution in [2.24, 2.45) is 0 Å². The SMILES string of the molecule is CCCNC(=O)[C@@H](C)NC(=O)c1cc(-c2ccccc2)nc2ccccc12. The Balaban J connectivity index is 1.95. The molecular weight excluding hydrogens is 338 g/mol. The maximum atomic E-state index is 12.9. The van der Waals surface area contributed by atoms with Crippen molar-refractivity contribution in [2.75, 3.05) is 6.54 Å². The van der Waals surface area contributed by atoms with Crippen LogP contribution in [0.4, 0.5) is 0 Å². The summed E-state index contributed by atoms with van der Waals surface area (Å²) in [5, 5.41) is 6.35. The summed E-state index contributed by atoms with van der Waals surface area (Å²) in [6.07, 6.45) is 0.849.